The van der Waals surface area contributed by atoms with E-state index in [2.05, 4.69) is 20.6 Å². The van der Waals surface area contributed by atoms with Crippen LogP contribution < -0.4 is 20.1 Å². The number of aromatic nitrogens is 1. The van der Waals surface area contributed by atoms with Gasteiger partial charge in [-0.15, -0.1) is 0 Å². The maximum Gasteiger partial charge on any atom is 0.258 e. The van der Waals surface area contributed by atoms with Crippen LogP contribution in [0.15, 0.2) is 65.8 Å². The number of nitrogens with one attached hydrogen (secondary N) is 2. The number of halogens is 1. The Balaban J connectivity index is 1.85. The van der Waals surface area contributed by atoms with E-state index in [4.69, 9.17) is 21.1 Å². The van der Waals surface area contributed by atoms with Crippen LogP contribution in [0.1, 0.15) is 21.6 Å². The number of rotatable bonds is 6. The first-order chi connectivity index (χ1) is 15.0. The first kappa shape index (κ1) is 22.1. The number of ether oxygens (including phenoxy) is 2. The number of carbonyl (C=O) groups is 1. The van der Waals surface area contributed by atoms with Crippen molar-refractivity contribution in [2.75, 3.05) is 19.5 Å². The Hall–Kier alpha value is -3.58. The molecule has 31 heavy (non-hydrogen) atoms. The van der Waals surface area contributed by atoms with E-state index < -0.39 is 0 Å². The Morgan fingerprint density at radius 3 is 2.55 bits per heavy atom. The number of amides is 1. The molecule has 2 N–H and O–H groups in total. The first-order valence-electron chi connectivity index (χ1n) is 9.51. The molecular weight excluding hydrogens is 416 g/mol. The zero-order valence-electron chi connectivity index (χ0n) is 17.5. The smallest absolute Gasteiger partial charge is 0.258 e. The van der Waals surface area contributed by atoms with Crippen LogP contribution in [0.25, 0.3) is 0 Å². The van der Waals surface area contributed by atoms with Gasteiger partial charge in [0.2, 0.25) is 5.96 Å². The Bertz CT molecular complexity index is 1090. The van der Waals surface area contributed by atoms with Crippen molar-refractivity contribution in [3.63, 3.8) is 0 Å². The van der Waals surface area contributed by atoms with Crippen LogP contribution in [-0.4, -0.2) is 31.1 Å². The number of carbonyl (C=O) groups excluding carboxylic acids is 1. The molecule has 1 heterocycles. The highest BCUT2D eigenvalue weighted by molar-refractivity contribution is 6.30. The van der Waals surface area contributed by atoms with E-state index in [1.807, 2.05) is 37.3 Å². The van der Waals surface area contributed by atoms with Crippen molar-refractivity contribution in [1.82, 2.24) is 10.3 Å². The fourth-order valence-electron chi connectivity index (χ4n) is 2.81. The number of methoxy groups -OCH3 is 2. The minimum absolute atomic E-state index is 0.288. The SMILES string of the molecule is COc1ccc(C(=O)NC(=NCc2ccccn2)Nc2ccc(Cl)cc2C)cc1OC. The third kappa shape index (κ3) is 5.96. The number of pyridine rings is 1. The number of anilines is 1. The van der Waals surface area contributed by atoms with Crippen molar-refractivity contribution in [2.24, 2.45) is 4.99 Å². The lowest BCUT2D eigenvalue weighted by Gasteiger charge is -2.15. The van der Waals surface area contributed by atoms with E-state index >= 15 is 0 Å². The third-order valence-corrected chi connectivity index (χ3v) is 4.68. The van der Waals surface area contributed by atoms with Gasteiger partial charge >= 0.3 is 0 Å². The van der Waals surface area contributed by atoms with Crippen molar-refractivity contribution >= 4 is 29.2 Å². The lowest BCUT2D eigenvalue weighted by molar-refractivity contribution is 0.0976. The molecule has 0 fully saturated rings. The van der Waals surface area contributed by atoms with Gasteiger partial charge in [0.05, 0.1) is 26.5 Å². The van der Waals surface area contributed by atoms with Gasteiger partial charge < -0.3 is 14.8 Å². The number of aryl methyl sites for hydroxylation is 1. The molecule has 160 valence electrons. The number of hydrogen-bond donors (Lipinski definition) is 2. The van der Waals surface area contributed by atoms with Gasteiger partial charge in [0.25, 0.3) is 5.91 Å². The number of benzene rings is 2. The molecule has 0 aliphatic rings. The van der Waals surface area contributed by atoms with E-state index in [9.17, 15) is 4.79 Å². The Morgan fingerprint density at radius 2 is 1.87 bits per heavy atom. The molecule has 0 saturated heterocycles. The summed E-state index contributed by atoms with van der Waals surface area (Å²) in [4.78, 5) is 21.7. The standard InChI is InChI=1S/C23H23ClN4O3/c1-15-12-17(24)8-9-19(15)27-23(26-14-18-6-4-5-11-25-18)28-22(29)16-7-10-20(30-2)21(13-16)31-3/h4-13H,14H2,1-3H3,(H2,26,27,28,29). The van der Waals surface area contributed by atoms with Crippen LogP contribution >= 0.6 is 11.6 Å². The molecule has 0 atom stereocenters. The van der Waals surface area contributed by atoms with Crippen molar-refractivity contribution < 1.29 is 14.3 Å². The average Bonchev–Trinajstić information content (AvgIpc) is 2.79. The van der Waals surface area contributed by atoms with E-state index in [1.165, 1.54) is 7.11 Å². The van der Waals surface area contributed by atoms with Crippen LogP contribution in [0, 0.1) is 6.92 Å². The maximum atomic E-state index is 12.9. The van der Waals surface area contributed by atoms with Crippen molar-refractivity contribution in [2.45, 2.75) is 13.5 Å². The predicted molar refractivity (Wildman–Crippen MR) is 122 cm³/mol. The lowest BCUT2D eigenvalue weighted by Crippen LogP contribution is -2.36. The quantitative estimate of drug-likeness (QED) is 0.438. The summed E-state index contributed by atoms with van der Waals surface area (Å²) >= 11 is 6.05. The Morgan fingerprint density at radius 1 is 1.06 bits per heavy atom. The second-order valence-electron chi connectivity index (χ2n) is 6.59. The molecule has 3 rings (SSSR count). The van der Waals surface area contributed by atoms with Gasteiger partial charge in [0.15, 0.2) is 11.5 Å². The molecule has 0 aliphatic carbocycles. The molecular formula is C23H23ClN4O3. The Labute approximate surface area is 186 Å². The molecule has 0 unspecified atom stereocenters. The van der Waals surface area contributed by atoms with Crippen molar-refractivity contribution in [1.29, 1.82) is 0 Å². The normalized spacial score (nSPS) is 11.0. The highest BCUT2D eigenvalue weighted by Crippen LogP contribution is 2.27. The van der Waals surface area contributed by atoms with Gasteiger partial charge in [0, 0.05) is 22.5 Å². The number of guanidine groups is 1. The Kier molecular flexibility index (Phi) is 7.45. The van der Waals surface area contributed by atoms with Gasteiger partial charge in [-0.05, 0) is 61.0 Å². The molecule has 0 aliphatic heterocycles. The largest absolute Gasteiger partial charge is 0.493 e. The summed E-state index contributed by atoms with van der Waals surface area (Å²) in [6.07, 6.45) is 1.70. The zero-order valence-corrected chi connectivity index (χ0v) is 18.2. The molecule has 0 radical (unpaired) electrons. The predicted octanol–water partition coefficient (Wildman–Crippen LogP) is 4.46. The summed E-state index contributed by atoms with van der Waals surface area (Å²) in [7, 11) is 3.06. The van der Waals surface area contributed by atoms with Crippen LogP contribution in [0.2, 0.25) is 5.02 Å². The lowest BCUT2D eigenvalue weighted by atomic mass is 10.2. The van der Waals surface area contributed by atoms with Gasteiger partial charge in [0.1, 0.15) is 0 Å². The first-order valence-corrected chi connectivity index (χ1v) is 9.89. The molecule has 0 saturated carbocycles. The van der Waals surface area contributed by atoms with E-state index in [1.54, 1.807) is 37.6 Å². The molecule has 1 aromatic heterocycles. The average molecular weight is 439 g/mol. The van der Waals surface area contributed by atoms with E-state index in [-0.39, 0.29) is 11.9 Å². The highest BCUT2D eigenvalue weighted by atomic mass is 35.5. The number of hydrogen-bond acceptors (Lipinski definition) is 5. The fraction of sp³-hybridized carbons (Fsp3) is 0.174. The summed E-state index contributed by atoms with van der Waals surface area (Å²) in [6.45, 7) is 2.21. The number of aliphatic imine (C=N–C) groups is 1. The number of nitrogens with zero attached hydrogens (tertiary/aromatic N) is 2. The minimum atomic E-state index is -0.347. The molecule has 2 aromatic carbocycles. The molecule has 0 spiro atoms. The van der Waals surface area contributed by atoms with Crippen molar-refractivity contribution in [3.8, 4) is 11.5 Å². The van der Waals surface area contributed by atoms with Gasteiger partial charge in [-0.1, -0.05) is 17.7 Å². The van der Waals surface area contributed by atoms with E-state index in [0.717, 1.165) is 16.9 Å². The summed E-state index contributed by atoms with van der Waals surface area (Å²) in [6, 6.07) is 16.0. The van der Waals surface area contributed by atoms with Gasteiger partial charge in [-0.3, -0.25) is 15.1 Å². The molecule has 3 aromatic rings. The second kappa shape index (κ2) is 10.4. The summed E-state index contributed by atoms with van der Waals surface area (Å²) in [5, 5.41) is 6.63. The van der Waals surface area contributed by atoms with Crippen LogP contribution in [0.3, 0.4) is 0 Å². The molecule has 7 nitrogen and oxygen atoms in total. The van der Waals surface area contributed by atoms with Crippen LogP contribution in [0.5, 0.6) is 11.5 Å². The van der Waals surface area contributed by atoms with E-state index in [0.29, 0.717) is 28.6 Å². The van der Waals surface area contributed by atoms with Gasteiger partial charge in [-0.25, -0.2) is 4.99 Å². The minimum Gasteiger partial charge on any atom is -0.493 e. The molecule has 8 heteroatoms. The summed E-state index contributed by atoms with van der Waals surface area (Å²) in [5.41, 5.74) is 2.86. The topological polar surface area (TPSA) is 84.8 Å². The monoisotopic (exact) mass is 438 g/mol. The van der Waals surface area contributed by atoms with Crippen LogP contribution in [0.4, 0.5) is 5.69 Å². The summed E-state index contributed by atoms with van der Waals surface area (Å²) in [5.74, 6) is 0.942. The van der Waals surface area contributed by atoms with Gasteiger partial charge in [-0.2, -0.15) is 0 Å². The second-order valence-corrected chi connectivity index (χ2v) is 7.03. The fourth-order valence-corrected chi connectivity index (χ4v) is 3.04. The van der Waals surface area contributed by atoms with Crippen LogP contribution in [-0.2, 0) is 6.54 Å². The van der Waals surface area contributed by atoms with Crippen molar-refractivity contribution in [3.05, 3.63) is 82.6 Å². The molecule has 1 amide bonds. The zero-order chi connectivity index (χ0) is 22.2. The third-order valence-electron chi connectivity index (χ3n) is 4.44. The highest BCUT2D eigenvalue weighted by Gasteiger charge is 2.14. The maximum absolute atomic E-state index is 12.9. The molecule has 0 bridgehead atoms. The summed E-state index contributed by atoms with van der Waals surface area (Å²) < 4.78 is 10.5.